The second kappa shape index (κ2) is 8.92. The average molecular weight is 283 g/mol. The van der Waals surface area contributed by atoms with Crippen LogP contribution in [0.25, 0.3) is 0 Å². The molecule has 0 spiro atoms. The Balaban J connectivity index is 3.04. The van der Waals surface area contributed by atoms with Gasteiger partial charge in [-0.2, -0.15) is 4.74 Å². The zero-order chi connectivity index (χ0) is 14.0. The fourth-order valence-electron chi connectivity index (χ4n) is 1.32. The molecule has 0 aliphatic heterocycles. The van der Waals surface area contributed by atoms with E-state index >= 15 is 0 Å². The molecular weight excluding hydrogens is 261 g/mol. The highest BCUT2D eigenvalue weighted by Crippen LogP contribution is 2.55. The summed E-state index contributed by atoms with van der Waals surface area (Å²) in [5.41, 5.74) is 0.782. The molecule has 0 radical (unpaired) electrons. The molecule has 0 aliphatic rings. The molecule has 0 atom stereocenters. The van der Waals surface area contributed by atoms with Crippen molar-refractivity contribution in [3.63, 3.8) is 0 Å². The van der Waals surface area contributed by atoms with Crippen LogP contribution >= 0.6 is 7.74 Å². The smallest absolute Gasteiger partial charge is 0.414 e. The lowest BCUT2D eigenvalue weighted by atomic mass is 10.3. The van der Waals surface area contributed by atoms with Gasteiger partial charge in [0.2, 0.25) is 0 Å². The maximum absolute atomic E-state index is 5.75. The summed E-state index contributed by atoms with van der Waals surface area (Å²) >= 11 is 0. The van der Waals surface area contributed by atoms with E-state index in [1.54, 1.807) is 0 Å². The van der Waals surface area contributed by atoms with E-state index in [0.717, 1.165) is 18.5 Å². The third-order valence-corrected chi connectivity index (χ3v) is 4.03. The van der Waals surface area contributed by atoms with Gasteiger partial charge >= 0.3 is 7.74 Å². The standard InChI is InChI=1S/C14H22NO3P/c1-4-12-17-19(16-6-3,18-13-5-2)15-14-10-8-7-9-11-14/h6-11H,3-5,12-13H2,1-2H3. The van der Waals surface area contributed by atoms with Crippen molar-refractivity contribution in [3.05, 3.63) is 43.2 Å². The molecular formula is C14H22NO3P. The summed E-state index contributed by atoms with van der Waals surface area (Å²) in [5.74, 6) is 0. The molecule has 0 fully saturated rings. The van der Waals surface area contributed by atoms with E-state index in [1.165, 1.54) is 6.26 Å². The highest BCUT2D eigenvalue weighted by molar-refractivity contribution is 7.51. The Morgan fingerprint density at radius 3 is 2.16 bits per heavy atom. The fourth-order valence-corrected chi connectivity index (χ4v) is 3.11. The quantitative estimate of drug-likeness (QED) is 0.457. The van der Waals surface area contributed by atoms with Crippen LogP contribution in [0.1, 0.15) is 26.7 Å². The Kier molecular flexibility index (Phi) is 7.49. The van der Waals surface area contributed by atoms with Gasteiger partial charge in [-0.15, -0.1) is 0 Å². The van der Waals surface area contributed by atoms with Crippen LogP contribution in [0.5, 0.6) is 0 Å². The molecule has 5 heteroatoms. The first-order chi connectivity index (χ1) is 9.26. The van der Waals surface area contributed by atoms with Crippen molar-refractivity contribution in [2.75, 3.05) is 13.2 Å². The summed E-state index contributed by atoms with van der Waals surface area (Å²) in [5, 5.41) is 0. The Morgan fingerprint density at radius 1 is 1.11 bits per heavy atom. The lowest BCUT2D eigenvalue weighted by molar-refractivity contribution is 0.180. The maximum Gasteiger partial charge on any atom is 0.414 e. The number of rotatable bonds is 9. The minimum Gasteiger partial charge on any atom is -0.427 e. The van der Waals surface area contributed by atoms with Gasteiger partial charge in [0.1, 0.15) is 0 Å². The van der Waals surface area contributed by atoms with Crippen LogP contribution in [0.4, 0.5) is 5.69 Å². The number of hydrogen-bond donors (Lipinski definition) is 0. The van der Waals surface area contributed by atoms with E-state index in [0.29, 0.717) is 13.2 Å². The van der Waals surface area contributed by atoms with Gasteiger partial charge in [0.25, 0.3) is 0 Å². The highest BCUT2D eigenvalue weighted by atomic mass is 31.2. The zero-order valence-electron chi connectivity index (χ0n) is 11.6. The average Bonchev–Trinajstić information content (AvgIpc) is 2.44. The third kappa shape index (κ3) is 5.60. The Bertz CT molecular complexity index is 408. The lowest BCUT2D eigenvalue weighted by Gasteiger charge is -2.21. The van der Waals surface area contributed by atoms with Gasteiger partial charge in [-0.25, -0.2) is 0 Å². The number of benzene rings is 1. The van der Waals surface area contributed by atoms with Crippen molar-refractivity contribution in [3.8, 4) is 0 Å². The zero-order valence-corrected chi connectivity index (χ0v) is 12.5. The highest BCUT2D eigenvalue weighted by Gasteiger charge is 2.23. The van der Waals surface area contributed by atoms with Crippen LogP contribution in [-0.2, 0) is 13.6 Å². The number of nitrogens with zero attached hydrogens (tertiary/aromatic N) is 1. The third-order valence-electron chi connectivity index (χ3n) is 2.12. The molecule has 106 valence electrons. The molecule has 0 saturated heterocycles. The van der Waals surface area contributed by atoms with Gasteiger partial charge in [0, 0.05) is 0 Å². The topological polar surface area (TPSA) is 40.0 Å². The Morgan fingerprint density at radius 2 is 1.68 bits per heavy atom. The minimum atomic E-state index is -2.74. The second-order valence-electron chi connectivity index (χ2n) is 3.84. The summed E-state index contributed by atoms with van der Waals surface area (Å²) in [4.78, 5) is 0. The molecule has 0 saturated carbocycles. The van der Waals surface area contributed by atoms with Crippen LogP contribution in [0, 0.1) is 0 Å². The second-order valence-corrected chi connectivity index (χ2v) is 5.71. The van der Waals surface area contributed by atoms with E-state index < -0.39 is 7.74 Å². The van der Waals surface area contributed by atoms with Crippen LogP contribution < -0.4 is 0 Å². The molecule has 19 heavy (non-hydrogen) atoms. The van der Waals surface area contributed by atoms with E-state index in [4.69, 9.17) is 13.6 Å². The van der Waals surface area contributed by atoms with Crippen molar-refractivity contribution in [2.24, 2.45) is 4.74 Å². The molecule has 1 rings (SSSR count). The fraction of sp³-hybridized carbons (Fsp3) is 0.429. The molecule has 0 unspecified atom stereocenters. The Hall–Kier alpha value is -1.09. The molecule has 0 aromatic heterocycles. The van der Waals surface area contributed by atoms with Gasteiger partial charge in [-0.3, -0.25) is 9.05 Å². The van der Waals surface area contributed by atoms with Crippen LogP contribution in [0.3, 0.4) is 0 Å². The summed E-state index contributed by atoms with van der Waals surface area (Å²) in [6.45, 7) is 8.74. The van der Waals surface area contributed by atoms with Crippen molar-refractivity contribution >= 4 is 13.4 Å². The first-order valence-electron chi connectivity index (χ1n) is 6.52. The molecule has 0 amide bonds. The molecule has 1 aromatic carbocycles. The largest absolute Gasteiger partial charge is 0.427 e. The van der Waals surface area contributed by atoms with Gasteiger partial charge in [0.05, 0.1) is 25.2 Å². The van der Waals surface area contributed by atoms with Crippen molar-refractivity contribution in [2.45, 2.75) is 26.7 Å². The SMILES string of the molecule is C=COP(=Nc1ccccc1)(OCCC)OCCC. The van der Waals surface area contributed by atoms with E-state index in [1.807, 2.05) is 44.2 Å². The molecule has 0 heterocycles. The van der Waals surface area contributed by atoms with Gasteiger partial charge in [-0.1, -0.05) is 38.6 Å². The predicted molar refractivity (Wildman–Crippen MR) is 79.2 cm³/mol. The summed E-state index contributed by atoms with van der Waals surface area (Å²) in [6.07, 6.45) is 3.09. The summed E-state index contributed by atoms with van der Waals surface area (Å²) in [6, 6.07) is 9.56. The van der Waals surface area contributed by atoms with Crippen LogP contribution in [-0.4, -0.2) is 13.2 Å². The van der Waals surface area contributed by atoms with Gasteiger partial charge < -0.3 is 4.52 Å². The molecule has 0 N–H and O–H groups in total. The van der Waals surface area contributed by atoms with Crippen molar-refractivity contribution < 1.29 is 13.6 Å². The van der Waals surface area contributed by atoms with E-state index in [2.05, 4.69) is 11.3 Å². The summed E-state index contributed by atoms with van der Waals surface area (Å²) < 4.78 is 21.5. The minimum absolute atomic E-state index is 0.543. The normalized spacial score (nSPS) is 11.1. The van der Waals surface area contributed by atoms with E-state index in [9.17, 15) is 0 Å². The van der Waals surface area contributed by atoms with Crippen LogP contribution in [0.2, 0.25) is 0 Å². The first kappa shape index (κ1) is 16.0. The van der Waals surface area contributed by atoms with Crippen LogP contribution in [0.15, 0.2) is 47.9 Å². The van der Waals surface area contributed by atoms with Crippen molar-refractivity contribution in [1.29, 1.82) is 0 Å². The van der Waals surface area contributed by atoms with Gasteiger partial charge in [0.15, 0.2) is 0 Å². The maximum atomic E-state index is 5.75. The molecule has 4 nitrogen and oxygen atoms in total. The summed E-state index contributed by atoms with van der Waals surface area (Å²) in [7, 11) is -2.74. The van der Waals surface area contributed by atoms with Crippen molar-refractivity contribution in [1.82, 2.24) is 0 Å². The first-order valence-corrected chi connectivity index (χ1v) is 8.01. The van der Waals surface area contributed by atoms with E-state index in [-0.39, 0.29) is 0 Å². The Labute approximate surface area is 115 Å². The molecule has 1 aromatic rings. The van der Waals surface area contributed by atoms with Gasteiger partial charge in [-0.05, 0) is 25.0 Å². The predicted octanol–water partition coefficient (Wildman–Crippen LogP) is 5.28. The molecule has 0 aliphatic carbocycles. The monoisotopic (exact) mass is 283 g/mol. The molecule has 0 bridgehead atoms. The lowest BCUT2D eigenvalue weighted by Crippen LogP contribution is -2.00. The number of hydrogen-bond acceptors (Lipinski definition) is 4.